The van der Waals surface area contributed by atoms with Gasteiger partial charge in [-0.3, -0.25) is 0 Å². The van der Waals surface area contributed by atoms with Crippen LogP contribution in [0, 0.1) is 0 Å². The number of carbonyl (C=O) groups excluding carboxylic acids is 1. The first-order valence-electron chi connectivity index (χ1n) is 6.89. The zero-order chi connectivity index (χ0) is 15.4. The highest BCUT2D eigenvalue weighted by molar-refractivity contribution is 9.10. The van der Waals surface area contributed by atoms with Gasteiger partial charge in [-0.2, -0.15) is 0 Å². The molecule has 0 radical (unpaired) electrons. The Kier molecular flexibility index (Phi) is 4.53. The van der Waals surface area contributed by atoms with Gasteiger partial charge in [0.1, 0.15) is 13.2 Å². The van der Waals surface area contributed by atoms with Gasteiger partial charge in [-0.25, -0.2) is 9.79 Å². The van der Waals surface area contributed by atoms with E-state index in [2.05, 4.69) is 20.9 Å². The molecule has 1 heterocycles. The Labute approximate surface area is 136 Å². The molecule has 22 heavy (non-hydrogen) atoms. The Morgan fingerprint density at radius 1 is 1.23 bits per heavy atom. The predicted molar refractivity (Wildman–Crippen MR) is 86.7 cm³/mol. The lowest BCUT2D eigenvalue weighted by Gasteiger charge is -2.06. The van der Waals surface area contributed by atoms with Crippen LogP contribution in [0.5, 0.6) is 0 Å². The Morgan fingerprint density at radius 2 is 2.05 bits per heavy atom. The number of ether oxygens (including phenoxy) is 2. The molecule has 0 saturated carbocycles. The van der Waals surface area contributed by atoms with Gasteiger partial charge in [-0.15, -0.1) is 0 Å². The summed E-state index contributed by atoms with van der Waals surface area (Å²) >= 11 is 3.40. The Bertz CT molecular complexity index is 700. The summed E-state index contributed by atoms with van der Waals surface area (Å²) in [6.07, 6.45) is 0. The van der Waals surface area contributed by atoms with Crippen LogP contribution >= 0.6 is 15.9 Å². The minimum Gasteiger partial charge on any atom is -0.475 e. The van der Waals surface area contributed by atoms with E-state index in [0.717, 1.165) is 15.6 Å². The van der Waals surface area contributed by atoms with Crippen LogP contribution in [0.15, 0.2) is 64.1 Å². The number of esters is 1. The zero-order valence-corrected chi connectivity index (χ0v) is 13.3. The summed E-state index contributed by atoms with van der Waals surface area (Å²) in [5, 5.41) is 0. The van der Waals surface area contributed by atoms with E-state index in [9.17, 15) is 4.79 Å². The molecule has 0 aromatic heterocycles. The molecule has 4 nitrogen and oxygen atoms in total. The molecule has 112 valence electrons. The first-order valence-corrected chi connectivity index (χ1v) is 7.69. The van der Waals surface area contributed by atoms with Crippen LogP contribution in [-0.2, 0) is 20.9 Å². The molecule has 0 N–H and O–H groups in total. The first kappa shape index (κ1) is 14.8. The molecule has 2 aromatic rings. The van der Waals surface area contributed by atoms with Crippen LogP contribution < -0.4 is 0 Å². The summed E-state index contributed by atoms with van der Waals surface area (Å²) in [6, 6.07) is 16.6. The van der Waals surface area contributed by atoms with Gasteiger partial charge in [0.2, 0.25) is 5.90 Å². The lowest BCUT2D eigenvalue weighted by atomic mass is 10.2. The van der Waals surface area contributed by atoms with Gasteiger partial charge in [0.25, 0.3) is 0 Å². The second kappa shape index (κ2) is 6.75. The van der Waals surface area contributed by atoms with E-state index >= 15 is 0 Å². The number of benzene rings is 2. The lowest BCUT2D eigenvalue weighted by molar-refractivity contribution is -0.146. The average molecular weight is 360 g/mol. The molecule has 5 heteroatoms. The first-order chi connectivity index (χ1) is 10.7. The van der Waals surface area contributed by atoms with Crippen LogP contribution in [0.2, 0.25) is 0 Å². The molecule has 1 aliphatic heterocycles. The van der Waals surface area contributed by atoms with Crippen molar-refractivity contribution in [2.24, 2.45) is 4.99 Å². The maximum Gasteiger partial charge on any atom is 0.334 e. The maximum absolute atomic E-state index is 12.0. The highest BCUT2D eigenvalue weighted by Crippen LogP contribution is 2.17. The summed E-state index contributed by atoms with van der Waals surface area (Å²) in [6.45, 7) is 0.466. The summed E-state index contributed by atoms with van der Waals surface area (Å²) in [7, 11) is 0. The van der Waals surface area contributed by atoms with Gasteiger partial charge in [-0.05, 0) is 23.8 Å². The van der Waals surface area contributed by atoms with Crippen LogP contribution in [0.4, 0.5) is 0 Å². The molecular formula is C17H14BrNO3. The standard InChI is InChI=1S/C17H14BrNO3/c18-14-8-4-7-13(9-14)16-19-15(11-21-16)17(20)22-10-12-5-2-1-3-6-12/h1-9,15H,10-11H2/t15-/m0/s1. The Hall–Kier alpha value is -2.14. The highest BCUT2D eigenvalue weighted by atomic mass is 79.9. The van der Waals surface area contributed by atoms with Crippen molar-refractivity contribution in [1.29, 1.82) is 0 Å². The summed E-state index contributed by atoms with van der Waals surface area (Å²) in [4.78, 5) is 16.4. The fourth-order valence-electron chi connectivity index (χ4n) is 2.10. The number of hydrogen-bond acceptors (Lipinski definition) is 4. The fraction of sp³-hybridized carbons (Fsp3) is 0.176. The highest BCUT2D eigenvalue weighted by Gasteiger charge is 2.28. The smallest absolute Gasteiger partial charge is 0.334 e. The van der Waals surface area contributed by atoms with Crippen molar-refractivity contribution in [2.75, 3.05) is 6.61 Å². The van der Waals surface area contributed by atoms with Gasteiger partial charge < -0.3 is 9.47 Å². The minimum absolute atomic E-state index is 0.218. The van der Waals surface area contributed by atoms with E-state index < -0.39 is 6.04 Å². The molecular weight excluding hydrogens is 346 g/mol. The van der Waals surface area contributed by atoms with E-state index in [1.54, 1.807) is 0 Å². The molecule has 0 saturated heterocycles. The normalized spacial score (nSPS) is 16.8. The largest absolute Gasteiger partial charge is 0.475 e. The van der Waals surface area contributed by atoms with Gasteiger partial charge in [0.15, 0.2) is 6.04 Å². The van der Waals surface area contributed by atoms with Gasteiger partial charge in [0, 0.05) is 10.0 Å². The molecule has 1 aliphatic rings. The molecule has 1 atom stereocenters. The molecule has 3 rings (SSSR count). The fourth-order valence-corrected chi connectivity index (χ4v) is 2.50. The monoisotopic (exact) mass is 359 g/mol. The lowest BCUT2D eigenvalue weighted by Crippen LogP contribution is -2.22. The van der Waals surface area contributed by atoms with Crippen LogP contribution in [0.25, 0.3) is 0 Å². The molecule has 0 aliphatic carbocycles. The Balaban J connectivity index is 1.62. The second-order valence-electron chi connectivity index (χ2n) is 4.86. The molecule has 2 aromatic carbocycles. The molecule has 0 unspecified atom stereocenters. The molecule has 0 spiro atoms. The summed E-state index contributed by atoms with van der Waals surface area (Å²) < 4.78 is 11.7. The van der Waals surface area contributed by atoms with Gasteiger partial charge >= 0.3 is 5.97 Å². The van der Waals surface area contributed by atoms with Crippen molar-refractivity contribution in [3.8, 4) is 0 Å². The Morgan fingerprint density at radius 3 is 2.82 bits per heavy atom. The SMILES string of the molecule is O=C(OCc1ccccc1)[C@@H]1COC(c2cccc(Br)c2)=N1. The van der Waals surface area contributed by atoms with Crippen molar-refractivity contribution in [2.45, 2.75) is 12.6 Å². The van der Waals surface area contributed by atoms with Gasteiger partial charge in [0.05, 0.1) is 0 Å². The van der Waals surface area contributed by atoms with Crippen LogP contribution in [0.3, 0.4) is 0 Å². The summed E-state index contributed by atoms with van der Waals surface area (Å²) in [5.74, 6) is 0.108. The van der Waals surface area contributed by atoms with Crippen molar-refractivity contribution < 1.29 is 14.3 Å². The third-order valence-electron chi connectivity index (χ3n) is 3.22. The third kappa shape index (κ3) is 3.54. The van der Waals surface area contributed by atoms with E-state index in [4.69, 9.17) is 9.47 Å². The zero-order valence-electron chi connectivity index (χ0n) is 11.7. The third-order valence-corrected chi connectivity index (χ3v) is 3.71. The summed E-state index contributed by atoms with van der Waals surface area (Å²) in [5.41, 5.74) is 1.79. The van der Waals surface area contributed by atoms with Crippen molar-refractivity contribution >= 4 is 27.8 Å². The van der Waals surface area contributed by atoms with Crippen LogP contribution in [-0.4, -0.2) is 24.5 Å². The minimum atomic E-state index is -0.599. The average Bonchev–Trinajstić information content (AvgIpc) is 3.04. The second-order valence-corrected chi connectivity index (χ2v) is 5.78. The predicted octanol–water partition coefficient (Wildman–Crippen LogP) is 3.34. The van der Waals surface area contributed by atoms with Crippen LogP contribution in [0.1, 0.15) is 11.1 Å². The number of carbonyl (C=O) groups is 1. The molecule has 0 fully saturated rings. The number of halogens is 1. The van der Waals surface area contributed by atoms with E-state index in [1.165, 1.54) is 0 Å². The molecule has 0 amide bonds. The molecule has 0 bridgehead atoms. The quantitative estimate of drug-likeness (QED) is 0.786. The van der Waals surface area contributed by atoms with Crippen molar-refractivity contribution in [3.63, 3.8) is 0 Å². The maximum atomic E-state index is 12.0. The van der Waals surface area contributed by atoms with Crippen molar-refractivity contribution in [3.05, 3.63) is 70.2 Å². The number of hydrogen-bond donors (Lipinski definition) is 0. The van der Waals surface area contributed by atoms with E-state index in [0.29, 0.717) is 5.90 Å². The topological polar surface area (TPSA) is 47.9 Å². The van der Waals surface area contributed by atoms with Crippen molar-refractivity contribution in [1.82, 2.24) is 0 Å². The number of aliphatic imine (C=N–C) groups is 1. The van der Waals surface area contributed by atoms with E-state index in [1.807, 2.05) is 54.6 Å². The van der Waals surface area contributed by atoms with E-state index in [-0.39, 0.29) is 19.2 Å². The number of rotatable bonds is 4. The van der Waals surface area contributed by atoms with Gasteiger partial charge in [-0.1, -0.05) is 52.3 Å². The number of nitrogens with zero attached hydrogens (tertiary/aromatic N) is 1.